The van der Waals surface area contributed by atoms with Crippen molar-refractivity contribution in [3.05, 3.63) is 99.7 Å². The molecule has 0 saturated carbocycles. The Labute approximate surface area is 202 Å². The number of carbonyl (C=O) groups excluding carboxylic acids is 2. The molecule has 1 aliphatic heterocycles. The van der Waals surface area contributed by atoms with E-state index < -0.39 is 11.9 Å². The minimum Gasteiger partial charge on any atom is -0.458 e. The molecule has 33 heavy (non-hydrogen) atoms. The smallest absolute Gasteiger partial charge is 0.337 e. The van der Waals surface area contributed by atoms with Crippen LogP contribution in [0, 0.1) is 11.3 Å². The number of benzene rings is 2. The molecule has 3 rings (SSSR count). The standard InChI is InChI=1S/C25H22ClN3O3S/c1-3-13-32-25(31)22-16(2)28-24(33-15-21(30)29-17-9-5-4-6-10-17)19(14-27)23(22)18-11-7-8-12-20(18)26/h3-12,23,28H,1,13,15H2,2H3,(H,29,30)/t23-/m0/s1. The van der Waals surface area contributed by atoms with Gasteiger partial charge in [-0.05, 0) is 30.7 Å². The number of allylic oxidation sites excluding steroid dienone is 2. The van der Waals surface area contributed by atoms with Crippen LogP contribution in [0.15, 0.2) is 89.1 Å². The van der Waals surface area contributed by atoms with Crippen molar-refractivity contribution in [3.8, 4) is 6.07 Å². The lowest BCUT2D eigenvalue weighted by atomic mass is 9.82. The minimum absolute atomic E-state index is 0.0394. The molecule has 168 valence electrons. The summed E-state index contributed by atoms with van der Waals surface area (Å²) in [4.78, 5) is 25.3. The van der Waals surface area contributed by atoms with Gasteiger partial charge in [-0.1, -0.05) is 72.4 Å². The van der Waals surface area contributed by atoms with E-state index in [1.54, 1.807) is 43.3 Å². The van der Waals surface area contributed by atoms with Crippen molar-refractivity contribution in [2.45, 2.75) is 12.8 Å². The molecule has 1 atom stereocenters. The summed E-state index contributed by atoms with van der Waals surface area (Å²) in [6.45, 7) is 5.34. The Balaban J connectivity index is 1.93. The third-order valence-electron chi connectivity index (χ3n) is 4.82. The molecule has 0 fully saturated rings. The largest absolute Gasteiger partial charge is 0.458 e. The van der Waals surface area contributed by atoms with Crippen LogP contribution in [0.4, 0.5) is 5.69 Å². The van der Waals surface area contributed by atoms with E-state index in [1.807, 2.05) is 18.2 Å². The maximum absolute atomic E-state index is 12.9. The Kier molecular flexibility index (Phi) is 8.36. The van der Waals surface area contributed by atoms with Gasteiger partial charge in [-0.2, -0.15) is 5.26 Å². The summed E-state index contributed by atoms with van der Waals surface area (Å²) in [7, 11) is 0. The summed E-state index contributed by atoms with van der Waals surface area (Å²) in [6, 6.07) is 18.4. The molecule has 8 heteroatoms. The first-order valence-corrected chi connectivity index (χ1v) is 11.4. The van der Waals surface area contributed by atoms with Gasteiger partial charge in [-0.15, -0.1) is 0 Å². The second-order valence-electron chi connectivity index (χ2n) is 7.06. The van der Waals surface area contributed by atoms with E-state index in [0.717, 1.165) is 0 Å². The quantitative estimate of drug-likeness (QED) is 0.402. The molecule has 1 aliphatic rings. The number of thioether (sulfide) groups is 1. The summed E-state index contributed by atoms with van der Waals surface area (Å²) in [5.74, 6) is -1.45. The van der Waals surface area contributed by atoms with E-state index >= 15 is 0 Å². The SMILES string of the molecule is C=CCOC(=O)C1=C(C)NC(SCC(=O)Nc2ccccc2)=C(C#N)[C@@H]1c1ccccc1Cl. The number of halogens is 1. The van der Waals surface area contributed by atoms with Crippen LogP contribution in [-0.2, 0) is 14.3 Å². The fraction of sp³-hybridized carbons (Fsp3) is 0.160. The Morgan fingerprint density at radius 2 is 1.94 bits per heavy atom. The van der Waals surface area contributed by atoms with Crippen LogP contribution in [0.2, 0.25) is 5.02 Å². The van der Waals surface area contributed by atoms with Gasteiger partial charge in [0.1, 0.15) is 6.61 Å². The van der Waals surface area contributed by atoms with Crippen molar-refractivity contribution in [1.82, 2.24) is 5.32 Å². The molecule has 0 spiro atoms. The van der Waals surface area contributed by atoms with Gasteiger partial charge >= 0.3 is 5.97 Å². The molecule has 1 heterocycles. The maximum Gasteiger partial charge on any atom is 0.337 e. The van der Waals surface area contributed by atoms with Crippen molar-refractivity contribution >= 4 is 40.9 Å². The van der Waals surface area contributed by atoms with Gasteiger partial charge in [0.15, 0.2) is 0 Å². The van der Waals surface area contributed by atoms with Crippen molar-refractivity contribution in [3.63, 3.8) is 0 Å². The minimum atomic E-state index is -0.734. The van der Waals surface area contributed by atoms with Gasteiger partial charge in [0.2, 0.25) is 5.91 Å². The molecule has 0 aromatic heterocycles. The topological polar surface area (TPSA) is 91.2 Å². The normalized spacial score (nSPS) is 15.4. The van der Waals surface area contributed by atoms with Crippen LogP contribution in [0.1, 0.15) is 18.4 Å². The molecule has 0 aliphatic carbocycles. The van der Waals surface area contributed by atoms with Crippen LogP contribution < -0.4 is 10.6 Å². The van der Waals surface area contributed by atoms with E-state index in [-0.39, 0.29) is 23.8 Å². The van der Waals surface area contributed by atoms with E-state index in [2.05, 4.69) is 23.3 Å². The van der Waals surface area contributed by atoms with Gasteiger partial charge in [0.05, 0.1) is 33.9 Å². The highest BCUT2D eigenvalue weighted by Gasteiger charge is 2.36. The average molecular weight is 480 g/mol. The van der Waals surface area contributed by atoms with Gasteiger partial charge in [-0.25, -0.2) is 4.79 Å². The first kappa shape index (κ1) is 24.2. The lowest BCUT2D eigenvalue weighted by molar-refractivity contribution is -0.138. The van der Waals surface area contributed by atoms with Gasteiger partial charge in [0.25, 0.3) is 0 Å². The molecule has 0 unspecified atom stereocenters. The fourth-order valence-corrected chi connectivity index (χ4v) is 4.52. The van der Waals surface area contributed by atoms with E-state index in [0.29, 0.717) is 32.6 Å². The van der Waals surface area contributed by atoms with Gasteiger partial charge in [-0.3, -0.25) is 4.79 Å². The average Bonchev–Trinajstić information content (AvgIpc) is 2.81. The molecule has 1 amide bonds. The lowest BCUT2D eigenvalue weighted by Gasteiger charge is -2.29. The number of hydrogen-bond acceptors (Lipinski definition) is 6. The van der Waals surface area contributed by atoms with Crippen LogP contribution >= 0.6 is 23.4 Å². The highest BCUT2D eigenvalue weighted by molar-refractivity contribution is 8.03. The number of para-hydroxylation sites is 1. The van der Waals surface area contributed by atoms with Crippen LogP contribution in [0.25, 0.3) is 0 Å². The highest BCUT2D eigenvalue weighted by Crippen LogP contribution is 2.43. The van der Waals surface area contributed by atoms with Crippen molar-refractivity contribution in [1.29, 1.82) is 5.26 Å². The first-order valence-electron chi connectivity index (χ1n) is 10.1. The molecular formula is C25H22ClN3O3S. The van der Waals surface area contributed by atoms with Crippen molar-refractivity contribution < 1.29 is 14.3 Å². The number of nitrogens with zero attached hydrogens (tertiary/aromatic N) is 1. The number of anilines is 1. The Morgan fingerprint density at radius 3 is 2.61 bits per heavy atom. The van der Waals surface area contributed by atoms with E-state index in [1.165, 1.54) is 17.8 Å². The second kappa shape index (κ2) is 11.4. The van der Waals surface area contributed by atoms with Crippen LogP contribution in [0.3, 0.4) is 0 Å². The summed E-state index contributed by atoms with van der Waals surface area (Å²) in [5.41, 5.74) is 2.40. The lowest BCUT2D eigenvalue weighted by Crippen LogP contribution is -2.29. The predicted octanol–water partition coefficient (Wildman–Crippen LogP) is 5.14. The number of ether oxygens (including phenoxy) is 1. The summed E-state index contributed by atoms with van der Waals surface area (Å²) in [6.07, 6.45) is 1.47. The van der Waals surface area contributed by atoms with Crippen molar-refractivity contribution in [2.24, 2.45) is 0 Å². The van der Waals surface area contributed by atoms with E-state index in [9.17, 15) is 14.9 Å². The highest BCUT2D eigenvalue weighted by atomic mass is 35.5. The third-order valence-corrected chi connectivity index (χ3v) is 6.18. The number of nitrogens with one attached hydrogen (secondary N) is 2. The van der Waals surface area contributed by atoms with Gasteiger partial charge < -0.3 is 15.4 Å². The molecule has 2 aromatic rings. The number of carbonyl (C=O) groups is 2. The van der Waals surface area contributed by atoms with Gasteiger partial charge in [0, 0.05) is 16.4 Å². The summed E-state index contributed by atoms with van der Waals surface area (Å²) in [5, 5.41) is 16.9. The molecule has 2 aromatic carbocycles. The monoisotopic (exact) mass is 479 g/mol. The fourth-order valence-electron chi connectivity index (χ4n) is 3.39. The molecular weight excluding hydrogens is 458 g/mol. The van der Waals surface area contributed by atoms with Crippen molar-refractivity contribution in [2.75, 3.05) is 17.7 Å². The number of dihydropyridines is 1. The van der Waals surface area contributed by atoms with Crippen LogP contribution in [0.5, 0.6) is 0 Å². The Morgan fingerprint density at radius 1 is 1.24 bits per heavy atom. The maximum atomic E-state index is 12.9. The molecule has 2 N–H and O–H groups in total. The number of nitriles is 1. The number of esters is 1. The number of hydrogen-bond donors (Lipinski definition) is 2. The first-order chi connectivity index (χ1) is 16.0. The molecule has 0 bridgehead atoms. The summed E-state index contributed by atoms with van der Waals surface area (Å²) < 4.78 is 5.28. The molecule has 6 nitrogen and oxygen atoms in total. The second-order valence-corrected chi connectivity index (χ2v) is 8.46. The Hall–Kier alpha value is -3.47. The zero-order chi connectivity index (χ0) is 23.8. The molecule has 0 saturated heterocycles. The third kappa shape index (κ3) is 5.86. The zero-order valence-corrected chi connectivity index (χ0v) is 19.5. The number of rotatable bonds is 8. The zero-order valence-electron chi connectivity index (χ0n) is 17.9. The predicted molar refractivity (Wildman–Crippen MR) is 131 cm³/mol. The molecule has 0 radical (unpaired) electrons. The Bertz CT molecular complexity index is 1170. The van der Waals surface area contributed by atoms with E-state index in [4.69, 9.17) is 16.3 Å². The van der Waals surface area contributed by atoms with Crippen LogP contribution in [-0.4, -0.2) is 24.2 Å². The number of amides is 1. The summed E-state index contributed by atoms with van der Waals surface area (Å²) >= 11 is 7.64.